The zero-order valence-electron chi connectivity index (χ0n) is 9.00. The van der Waals surface area contributed by atoms with Gasteiger partial charge in [-0.15, -0.1) is 0 Å². The van der Waals surface area contributed by atoms with Crippen molar-refractivity contribution in [2.75, 3.05) is 13.7 Å². The highest BCUT2D eigenvalue weighted by Gasteiger charge is 2.20. The van der Waals surface area contributed by atoms with Crippen LogP contribution in [0.2, 0.25) is 0 Å². The molecule has 0 aliphatic heterocycles. The van der Waals surface area contributed by atoms with Gasteiger partial charge >= 0.3 is 0 Å². The van der Waals surface area contributed by atoms with Crippen LogP contribution in [0.1, 0.15) is 19.8 Å². The number of rotatable bonds is 5. The Hall–Kier alpha value is -1.58. The second-order valence-corrected chi connectivity index (χ2v) is 3.28. The van der Waals surface area contributed by atoms with E-state index in [1.165, 1.54) is 19.3 Å². The molecule has 0 unspecified atom stereocenters. The molecular weight excluding hydrogens is 194 g/mol. The van der Waals surface area contributed by atoms with Crippen molar-refractivity contribution in [2.24, 2.45) is 0 Å². The third-order valence-corrected chi connectivity index (χ3v) is 2.11. The van der Waals surface area contributed by atoms with Crippen molar-refractivity contribution < 1.29 is 14.3 Å². The van der Waals surface area contributed by atoms with Gasteiger partial charge in [0.15, 0.2) is 0 Å². The van der Waals surface area contributed by atoms with Gasteiger partial charge in [0, 0.05) is 18.7 Å². The first-order valence-corrected chi connectivity index (χ1v) is 4.99. The highest BCUT2D eigenvalue weighted by molar-refractivity contribution is 6.46. The largest absolute Gasteiger partial charge is 0.494 e. The molecule has 4 nitrogen and oxygen atoms in total. The van der Waals surface area contributed by atoms with Crippen molar-refractivity contribution >= 4 is 11.6 Å². The van der Waals surface area contributed by atoms with E-state index < -0.39 is 11.6 Å². The average molecular weight is 209 g/mol. The molecule has 0 aromatic carbocycles. The van der Waals surface area contributed by atoms with Gasteiger partial charge in [-0.05, 0) is 6.42 Å². The summed E-state index contributed by atoms with van der Waals surface area (Å²) < 4.78 is 5.01. The Morgan fingerprint density at radius 2 is 1.93 bits per heavy atom. The highest BCUT2D eigenvalue weighted by Crippen LogP contribution is 2.13. The first kappa shape index (κ1) is 11.5. The third kappa shape index (κ3) is 2.94. The standard InChI is InChI=1S/C11H15NO3/c1-3-4-5-12-8-6-9(13)10(14)7-11(8)15-2/h6-7,12H,3-5H2,1-2H3. The van der Waals surface area contributed by atoms with Crippen LogP contribution in [-0.4, -0.2) is 25.2 Å². The third-order valence-electron chi connectivity index (χ3n) is 2.11. The van der Waals surface area contributed by atoms with E-state index in [4.69, 9.17) is 4.74 Å². The molecule has 1 aliphatic rings. The Kier molecular flexibility index (Phi) is 4.09. The molecule has 0 heterocycles. The molecule has 0 fully saturated rings. The number of nitrogens with one attached hydrogen (secondary N) is 1. The number of unbranched alkanes of at least 4 members (excludes halogenated alkanes) is 1. The number of hydrogen-bond donors (Lipinski definition) is 1. The minimum absolute atomic E-state index is 0.427. The maximum atomic E-state index is 11.1. The van der Waals surface area contributed by atoms with E-state index >= 15 is 0 Å². The van der Waals surface area contributed by atoms with Crippen molar-refractivity contribution in [1.29, 1.82) is 0 Å². The monoisotopic (exact) mass is 209 g/mol. The van der Waals surface area contributed by atoms with E-state index in [-0.39, 0.29) is 0 Å². The lowest BCUT2D eigenvalue weighted by Crippen LogP contribution is -2.24. The van der Waals surface area contributed by atoms with Crippen molar-refractivity contribution in [1.82, 2.24) is 5.32 Å². The lowest BCUT2D eigenvalue weighted by Gasteiger charge is -2.15. The summed E-state index contributed by atoms with van der Waals surface area (Å²) in [5.41, 5.74) is 0.593. The Balaban J connectivity index is 2.68. The first-order chi connectivity index (χ1) is 7.19. The van der Waals surface area contributed by atoms with Crippen LogP contribution in [0.3, 0.4) is 0 Å². The number of carbonyl (C=O) groups is 2. The Bertz CT molecular complexity index is 329. The zero-order valence-corrected chi connectivity index (χ0v) is 9.00. The van der Waals surface area contributed by atoms with Crippen molar-refractivity contribution in [2.45, 2.75) is 19.8 Å². The van der Waals surface area contributed by atoms with Crippen molar-refractivity contribution in [3.63, 3.8) is 0 Å². The lowest BCUT2D eigenvalue weighted by atomic mass is 10.1. The molecule has 0 aromatic rings. The van der Waals surface area contributed by atoms with Gasteiger partial charge in [0.1, 0.15) is 5.76 Å². The van der Waals surface area contributed by atoms with Crippen molar-refractivity contribution in [3.05, 3.63) is 23.6 Å². The molecule has 0 atom stereocenters. The van der Waals surface area contributed by atoms with Gasteiger partial charge in [0.25, 0.3) is 0 Å². The van der Waals surface area contributed by atoms with Gasteiger partial charge in [-0.3, -0.25) is 9.59 Å². The number of ketones is 2. The fourth-order valence-electron chi connectivity index (χ4n) is 1.25. The fourth-order valence-corrected chi connectivity index (χ4v) is 1.25. The number of ether oxygens (including phenoxy) is 1. The minimum atomic E-state index is -0.534. The molecule has 0 amide bonds. The molecule has 4 heteroatoms. The van der Waals surface area contributed by atoms with Gasteiger partial charge in [0.2, 0.25) is 11.6 Å². The summed E-state index contributed by atoms with van der Waals surface area (Å²) in [5.74, 6) is -0.613. The van der Waals surface area contributed by atoms with Crippen molar-refractivity contribution in [3.8, 4) is 0 Å². The van der Waals surface area contributed by atoms with Gasteiger partial charge in [0.05, 0.1) is 12.8 Å². The van der Waals surface area contributed by atoms with E-state index in [2.05, 4.69) is 12.2 Å². The molecule has 0 spiro atoms. The number of methoxy groups -OCH3 is 1. The lowest BCUT2D eigenvalue weighted by molar-refractivity contribution is -0.131. The van der Waals surface area contributed by atoms with E-state index in [0.717, 1.165) is 19.4 Å². The van der Waals surface area contributed by atoms with Crippen LogP contribution in [0.5, 0.6) is 0 Å². The van der Waals surface area contributed by atoms with Gasteiger partial charge in [-0.25, -0.2) is 0 Å². The number of hydrogen-bond acceptors (Lipinski definition) is 4. The molecule has 0 saturated heterocycles. The molecule has 1 aliphatic carbocycles. The number of carbonyl (C=O) groups excluding carboxylic acids is 2. The minimum Gasteiger partial charge on any atom is -0.494 e. The van der Waals surface area contributed by atoms with E-state index in [1.54, 1.807) is 0 Å². The average Bonchev–Trinajstić information content (AvgIpc) is 2.23. The highest BCUT2D eigenvalue weighted by atomic mass is 16.5. The van der Waals surface area contributed by atoms with Gasteiger partial charge in [-0.1, -0.05) is 13.3 Å². The molecule has 82 valence electrons. The summed E-state index contributed by atoms with van der Waals surface area (Å²) in [6.45, 7) is 2.85. The summed E-state index contributed by atoms with van der Waals surface area (Å²) in [5, 5.41) is 3.07. The summed E-state index contributed by atoms with van der Waals surface area (Å²) in [6.07, 6.45) is 4.59. The molecule has 15 heavy (non-hydrogen) atoms. The predicted octanol–water partition coefficient (Wildman–Crippen LogP) is 0.942. The topological polar surface area (TPSA) is 55.4 Å². The first-order valence-electron chi connectivity index (χ1n) is 4.99. The Morgan fingerprint density at radius 1 is 1.27 bits per heavy atom. The Labute approximate surface area is 89.0 Å². The maximum absolute atomic E-state index is 11.1. The normalized spacial score (nSPS) is 15.9. The summed E-state index contributed by atoms with van der Waals surface area (Å²) in [6, 6.07) is 0. The summed E-state index contributed by atoms with van der Waals surface area (Å²) in [4.78, 5) is 22.2. The van der Waals surface area contributed by atoms with Gasteiger partial charge < -0.3 is 10.1 Å². The van der Waals surface area contributed by atoms with E-state index in [0.29, 0.717) is 11.5 Å². The molecule has 0 radical (unpaired) electrons. The van der Waals surface area contributed by atoms with Crippen LogP contribution in [0.25, 0.3) is 0 Å². The Morgan fingerprint density at radius 3 is 2.53 bits per heavy atom. The second kappa shape index (κ2) is 5.34. The van der Waals surface area contributed by atoms with Crippen LogP contribution in [0.4, 0.5) is 0 Å². The quantitative estimate of drug-likeness (QED) is 0.416. The molecule has 1 rings (SSSR count). The SMILES string of the molecule is CCCCNC1=CC(=O)C(=O)C=C1OC. The predicted molar refractivity (Wildman–Crippen MR) is 56.1 cm³/mol. The smallest absolute Gasteiger partial charge is 0.229 e. The summed E-state index contributed by atoms with van der Waals surface area (Å²) >= 11 is 0. The van der Waals surface area contributed by atoms with E-state index in [9.17, 15) is 9.59 Å². The molecule has 0 saturated carbocycles. The van der Waals surface area contributed by atoms with Crippen LogP contribution in [0.15, 0.2) is 23.6 Å². The molecule has 1 N–H and O–H groups in total. The molecule has 0 aromatic heterocycles. The molecular formula is C11H15NO3. The van der Waals surface area contributed by atoms with Crippen LogP contribution < -0.4 is 5.32 Å². The maximum Gasteiger partial charge on any atom is 0.229 e. The van der Waals surface area contributed by atoms with E-state index in [1.807, 2.05) is 0 Å². The zero-order chi connectivity index (χ0) is 11.3. The van der Waals surface area contributed by atoms with Crippen LogP contribution in [0, 0.1) is 0 Å². The van der Waals surface area contributed by atoms with Crippen LogP contribution in [-0.2, 0) is 14.3 Å². The second-order valence-electron chi connectivity index (χ2n) is 3.28. The number of allylic oxidation sites excluding steroid dienone is 2. The molecule has 0 bridgehead atoms. The van der Waals surface area contributed by atoms with Gasteiger partial charge in [-0.2, -0.15) is 0 Å². The summed E-state index contributed by atoms with van der Waals surface area (Å²) in [7, 11) is 1.48. The van der Waals surface area contributed by atoms with Crippen LogP contribution >= 0.6 is 0 Å². The fraction of sp³-hybridized carbons (Fsp3) is 0.455.